The van der Waals surface area contributed by atoms with Gasteiger partial charge >= 0.3 is 0 Å². The normalized spacial score (nSPS) is 26.4. The fourth-order valence-corrected chi connectivity index (χ4v) is 6.81. The third kappa shape index (κ3) is 6.33. The van der Waals surface area contributed by atoms with E-state index in [1.54, 1.807) is 0 Å². The van der Waals surface area contributed by atoms with Gasteiger partial charge in [-0.1, -0.05) is 13.3 Å². The van der Waals surface area contributed by atoms with Gasteiger partial charge in [0.25, 0.3) is 12.4 Å². The van der Waals surface area contributed by atoms with Crippen LogP contribution in [0.15, 0.2) is 18.3 Å². The van der Waals surface area contributed by atoms with Crippen LogP contribution in [0.2, 0.25) is 0 Å². The van der Waals surface area contributed by atoms with Crippen molar-refractivity contribution in [1.82, 2.24) is 24.0 Å². The number of hydroxylamine groups is 1. The molecule has 0 saturated carbocycles. The average Bonchev–Trinajstić information content (AvgIpc) is 3.11. The lowest BCUT2D eigenvalue weighted by molar-refractivity contribution is -0.141. The molecule has 3 N–H and O–H groups in total. The summed E-state index contributed by atoms with van der Waals surface area (Å²) in [6.45, 7) is 5.14. The summed E-state index contributed by atoms with van der Waals surface area (Å²) in [5, 5.41) is 16.4. The van der Waals surface area contributed by atoms with Crippen LogP contribution in [-0.4, -0.2) is 95.8 Å². The molecule has 35 heavy (non-hydrogen) atoms. The van der Waals surface area contributed by atoms with Crippen LogP contribution >= 0.6 is 0 Å². The monoisotopic (exact) mass is 515 g/mol. The Balaban J connectivity index is 0.00000108. The lowest BCUT2D eigenvalue weighted by Gasteiger charge is -2.48. The van der Waals surface area contributed by atoms with E-state index >= 15 is 0 Å². The molecule has 0 spiro atoms. The number of amides is 1. The second kappa shape index (κ2) is 12.7. The van der Waals surface area contributed by atoms with E-state index in [1.165, 1.54) is 12.1 Å². The number of hydrogen-bond acceptors (Lipinski definition) is 7. The minimum Gasteiger partial charge on any atom is -0.483 e. The fraction of sp³-hybridized carbons (Fsp3) is 0.682. The molecular weight excluding hydrogens is 481 g/mol. The Morgan fingerprint density at radius 3 is 2.69 bits per heavy atom. The van der Waals surface area contributed by atoms with Gasteiger partial charge in [-0.05, 0) is 44.7 Å². The number of likely N-dealkylation sites (tertiary alicyclic amines) is 1. The van der Waals surface area contributed by atoms with Gasteiger partial charge in [0, 0.05) is 38.3 Å². The highest BCUT2D eigenvalue weighted by Gasteiger charge is 2.59. The minimum atomic E-state index is -1.49. The van der Waals surface area contributed by atoms with Gasteiger partial charge < -0.3 is 9.84 Å². The van der Waals surface area contributed by atoms with Crippen molar-refractivity contribution in [3.05, 3.63) is 24.1 Å². The van der Waals surface area contributed by atoms with Crippen LogP contribution in [0.25, 0.3) is 0 Å². The lowest BCUT2D eigenvalue weighted by Crippen LogP contribution is -2.69. The summed E-state index contributed by atoms with van der Waals surface area (Å²) in [5.41, 5.74) is 0.858. The van der Waals surface area contributed by atoms with E-state index in [-0.39, 0.29) is 18.6 Å². The summed E-state index contributed by atoms with van der Waals surface area (Å²) in [6.07, 6.45) is 5.82. The molecule has 3 aliphatic heterocycles. The predicted octanol–water partition coefficient (Wildman–Crippen LogP) is 1.17. The van der Waals surface area contributed by atoms with Crippen molar-refractivity contribution in [1.29, 1.82) is 0 Å². The zero-order valence-corrected chi connectivity index (χ0v) is 20.7. The van der Waals surface area contributed by atoms with Crippen LogP contribution in [0.5, 0.6) is 5.88 Å². The number of ether oxygens (including phenoxy) is 1. The number of unbranched alkanes of at least 4 members (excludes halogenated alkanes) is 1. The van der Waals surface area contributed by atoms with Crippen LogP contribution in [0.4, 0.5) is 4.39 Å². The van der Waals surface area contributed by atoms with Crippen molar-refractivity contribution < 1.29 is 33.2 Å². The Hall–Kier alpha value is -2.19. The molecule has 1 aromatic rings. The summed E-state index contributed by atoms with van der Waals surface area (Å²) in [4.78, 5) is 27.4. The Morgan fingerprint density at radius 2 is 2.09 bits per heavy atom. The molecule has 3 saturated heterocycles. The van der Waals surface area contributed by atoms with Gasteiger partial charge in [-0.25, -0.2) is 23.4 Å². The van der Waals surface area contributed by atoms with Gasteiger partial charge in [0.1, 0.15) is 17.5 Å². The molecular formula is C22H34FN5O6S. The molecule has 3 fully saturated rings. The minimum absolute atomic E-state index is 0.0103. The first-order chi connectivity index (χ1) is 16.9. The number of fused-ring (bicyclic) bond motifs is 2. The maximum atomic E-state index is 13.7. The summed E-state index contributed by atoms with van der Waals surface area (Å²) in [5.74, 6) is -0.506. The first kappa shape index (κ1) is 27.4. The van der Waals surface area contributed by atoms with E-state index in [9.17, 15) is 18.6 Å². The standard InChI is InChI=1S/C21H32FN5O4S.CH2O2/c1-2-3-10-25-14-17-6-9-21(15-25,20(28)24-29)27(17)32(30)26-11-7-18(8-12-26)31-19-5-4-16(22)13-23-19;2-1-3/h4-5,13,17-18,29H,2-3,6-12,14-15H2,1H3,(H,24,28);1H,(H,2,3). The van der Waals surface area contributed by atoms with Gasteiger partial charge in [-0.2, -0.15) is 4.31 Å². The molecule has 13 heteroatoms. The molecule has 3 unspecified atom stereocenters. The predicted molar refractivity (Wildman–Crippen MR) is 125 cm³/mol. The van der Waals surface area contributed by atoms with Crippen molar-refractivity contribution >= 4 is 23.6 Å². The zero-order chi connectivity index (χ0) is 25.4. The van der Waals surface area contributed by atoms with Crippen molar-refractivity contribution in [3.63, 3.8) is 0 Å². The smallest absolute Gasteiger partial charge is 0.290 e. The highest BCUT2D eigenvalue weighted by molar-refractivity contribution is 7.80. The third-order valence-electron chi connectivity index (χ3n) is 6.73. The molecule has 4 rings (SSSR count). The van der Waals surface area contributed by atoms with Gasteiger partial charge in [-0.15, -0.1) is 0 Å². The quantitative estimate of drug-likeness (QED) is 0.267. The number of hydrogen-bond donors (Lipinski definition) is 3. The summed E-state index contributed by atoms with van der Waals surface area (Å²) < 4.78 is 36.3. The number of rotatable bonds is 8. The molecule has 196 valence electrons. The topological polar surface area (TPSA) is 136 Å². The summed E-state index contributed by atoms with van der Waals surface area (Å²) >= 11 is -1.49. The van der Waals surface area contributed by atoms with Gasteiger partial charge in [0.15, 0.2) is 11.2 Å². The summed E-state index contributed by atoms with van der Waals surface area (Å²) in [7, 11) is 0. The first-order valence-electron chi connectivity index (χ1n) is 11.9. The fourth-order valence-electron chi connectivity index (χ4n) is 5.08. The number of pyridine rings is 1. The summed E-state index contributed by atoms with van der Waals surface area (Å²) in [6, 6.07) is 2.83. The highest BCUT2D eigenvalue weighted by atomic mass is 32.2. The molecule has 4 heterocycles. The number of carbonyl (C=O) groups is 2. The van der Waals surface area contributed by atoms with Gasteiger partial charge in [0.2, 0.25) is 5.88 Å². The van der Waals surface area contributed by atoms with E-state index in [0.717, 1.165) is 38.5 Å². The molecule has 1 aromatic heterocycles. The Labute approximate surface area is 206 Å². The number of halogens is 1. The number of piperidine rings is 1. The molecule has 0 aliphatic carbocycles. The van der Waals surface area contributed by atoms with Crippen LogP contribution < -0.4 is 10.2 Å². The van der Waals surface area contributed by atoms with Crippen LogP contribution in [0, 0.1) is 5.82 Å². The molecule has 0 radical (unpaired) electrons. The van der Waals surface area contributed by atoms with Crippen LogP contribution in [-0.2, 0) is 20.8 Å². The van der Waals surface area contributed by atoms with Gasteiger partial charge in [0.05, 0.1) is 6.20 Å². The molecule has 3 atom stereocenters. The third-order valence-corrected chi connectivity index (χ3v) is 8.52. The maximum Gasteiger partial charge on any atom is 0.290 e. The number of nitrogens with zero attached hydrogens (tertiary/aromatic N) is 4. The van der Waals surface area contributed by atoms with E-state index in [2.05, 4.69) is 16.8 Å². The second-order valence-corrected chi connectivity index (χ2v) is 10.3. The highest BCUT2D eigenvalue weighted by Crippen LogP contribution is 2.41. The first-order valence-corrected chi connectivity index (χ1v) is 12.9. The van der Waals surface area contributed by atoms with Crippen molar-refractivity contribution in [3.8, 4) is 5.88 Å². The Morgan fingerprint density at radius 1 is 1.37 bits per heavy atom. The van der Waals surface area contributed by atoms with Crippen LogP contribution in [0.3, 0.4) is 0 Å². The molecule has 1 amide bonds. The molecule has 11 nitrogen and oxygen atoms in total. The second-order valence-electron chi connectivity index (χ2n) is 8.98. The van der Waals surface area contributed by atoms with Crippen LogP contribution in [0.1, 0.15) is 45.4 Å². The Kier molecular flexibility index (Phi) is 9.92. The lowest BCUT2D eigenvalue weighted by atomic mass is 9.95. The van der Waals surface area contributed by atoms with Gasteiger partial charge in [-0.3, -0.25) is 19.7 Å². The number of piperazine rings is 1. The number of carbonyl (C=O) groups excluding carboxylic acids is 1. The van der Waals surface area contributed by atoms with E-state index in [0.29, 0.717) is 44.8 Å². The van der Waals surface area contributed by atoms with E-state index < -0.39 is 28.4 Å². The number of aromatic nitrogens is 1. The Bertz CT molecular complexity index is 872. The van der Waals surface area contributed by atoms with Crippen molar-refractivity contribution in [2.24, 2.45) is 0 Å². The molecule has 0 aromatic carbocycles. The maximum absolute atomic E-state index is 13.7. The zero-order valence-electron chi connectivity index (χ0n) is 19.8. The number of carboxylic acid groups (broad SMARTS) is 1. The van der Waals surface area contributed by atoms with E-state index in [4.69, 9.17) is 14.6 Å². The molecule has 2 bridgehead atoms. The number of nitrogens with one attached hydrogen (secondary N) is 1. The molecule has 3 aliphatic rings. The van der Waals surface area contributed by atoms with Crippen molar-refractivity contribution in [2.45, 2.75) is 63.1 Å². The van der Waals surface area contributed by atoms with Crippen molar-refractivity contribution in [2.75, 3.05) is 32.7 Å². The van der Waals surface area contributed by atoms with E-state index in [1.807, 2.05) is 14.1 Å². The largest absolute Gasteiger partial charge is 0.483 e. The SMILES string of the molecule is CCCCN1CC2CCC(C(=O)NO)(C1)N2S(=O)N1CCC(Oc2ccc(F)cn2)CC1.O=CO. The average molecular weight is 516 g/mol.